The number of esters is 3. The van der Waals surface area contributed by atoms with Crippen molar-refractivity contribution >= 4 is 17.9 Å². The standard InChI is InChI=1S/C42H80O6/c1-5-7-9-11-12-18-22-26-29-33-40(43)46-36-39(48-42(45)35-31-24-10-8-6-2)37-47-41(44)34-30-27-23-20-17-15-13-14-16-19-21-25-28-32-38(3)4/h38-39H,5-37H2,1-4H3/t39-/m1/s1. The predicted octanol–water partition coefficient (Wildman–Crippen LogP) is 12.8. The van der Waals surface area contributed by atoms with Gasteiger partial charge in [-0.05, 0) is 25.2 Å². The molecular weight excluding hydrogens is 600 g/mol. The summed E-state index contributed by atoms with van der Waals surface area (Å²) in [7, 11) is 0. The summed E-state index contributed by atoms with van der Waals surface area (Å²) < 4.78 is 16.5. The van der Waals surface area contributed by atoms with Gasteiger partial charge in [0.1, 0.15) is 13.2 Å². The lowest BCUT2D eigenvalue weighted by atomic mass is 10.0. The van der Waals surface area contributed by atoms with Gasteiger partial charge in [-0.2, -0.15) is 0 Å². The van der Waals surface area contributed by atoms with Crippen molar-refractivity contribution in [2.45, 2.75) is 233 Å². The number of hydrogen-bond acceptors (Lipinski definition) is 6. The molecule has 6 heteroatoms. The van der Waals surface area contributed by atoms with E-state index in [0.29, 0.717) is 19.3 Å². The van der Waals surface area contributed by atoms with Gasteiger partial charge in [-0.25, -0.2) is 0 Å². The molecule has 0 aromatic heterocycles. The molecule has 0 fully saturated rings. The Morgan fingerprint density at radius 3 is 1.02 bits per heavy atom. The summed E-state index contributed by atoms with van der Waals surface area (Å²) in [5.74, 6) is -0.0368. The van der Waals surface area contributed by atoms with Gasteiger partial charge < -0.3 is 14.2 Å². The highest BCUT2D eigenvalue weighted by Crippen LogP contribution is 2.16. The molecule has 1 atom stereocenters. The van der Waals surface area contributed by atoms with Crippen LogP contribution in [0.25, 0.3) is 0 Å². The molecule has 0 aliphatic carbocycles. The SMILES string of the molecule is CCCCCCCCCCCC(=O)OC[C@H](COC(=O)CCCCCCCCCCCCCCCC(C)C)OC(=O)CCCCCCC. The summed E-state index contributed by atoms with van der Waals surface area (Å²) in [6, 6.07) is 0. The zero-order chi connectivity index (χ0) is 35.3. The van der Waals surface area contributed by atoms with E-state index < -0.39 is 6.10 Å². The van der Waals surface area contributed by atoms with E-state index in [4.69, 9.17) is 14.2 Å². The molecule has 0 unspecified atom stereocenters. The minimum atomic E-state index is -0.756. The van der Waals surface area contributed by atoms with Crippen molar-refractivity contribution < 1.29 is 28.6 Å². The lowest BCUT2D eigenvalue weighted by Crippen LogP contribution is -2.30. The van der Waals surface area contributed by atoms with Crippen molar-refractivity contribution in [3.05, 3.63) is 0 Å². The molecule has 0 N–H and O–H groups in total. The first-order chi connectivity index (χ1) is 23.4. The second kappa shape index (κ2) is 36.7. The van der Waals surface area contributed by atoms with E-state index in [2.05, 4.69) is 27.7 Å². The molecule has 6 nitrogen and oxygen atoms in total. The van der Waals surface area contributed by atoms with Gasteiger partial charge in [-0.15, -0.1) is 0 Å². The van der Waals surface area contributed by atoms with Crippen molar-refractivity contribution in [2.75, 3.05) is 13.2 Å². The van der Waals surface area contributed by atoms with Gasteiger partial charge in [-0.3, -0.25) is 14.4 Å². The average Bonchev–Trinajstić information content (AvgIpc) is 3.06. The van der Waals surface area contributed by atoms with Gasteiger partial charge in [-0.1, -0.05) is 188 Å². The highest BCUT2D eigenvalue weighted by molar-refractivity contribution is 5.71. The molecule has 48 heavy (non-hydrogen) atoms. The molecule has 0 aromatic rings. The zero-order valence-corrected chi connectivity index (χ0v) is 32.4. The normalized spacial score (nSPS) is 11.9. The van der Waals surface area contributed by atoms with Gasteiger partial charge in [0.15, 0.2) is 6.10 Å². The van der Waals surface area contributed by atoms with E-state index in [1.54, 1.807) is 0 Å². The molecule has 0 rings (SSSR count). The van der Waals surface area contributed by atoms with Gasteiger partial charge in [0.05, 0.1) is 0 Å². The summed E-state index contributed by atoms with van der Waals surface area (Å²) >= 11 is 0. The van der Waals surface area contributed by atoms with Gasteiger partial charge in [0.25, 0.3) is 0 Å². The van der Waals surface area contributed by atoms with E-state index in [1.165, 1.54) is 116 Å². The van der Waals surface area contributed by atoms with Crippen LogP contribution in [0.15, 0.2) is 0 Å². The fraction of sp³-hybridized carbons (Fsp3) is 0.929. The van der Waals surface area contributed by atoms with Crippen LogP contribution >= 0.6 is 0 Å². The summed E-state index contributed by atoms with van der Waals surface area (Å²) in [6.07, 6.45) is 34.0. The summed E-state index contributed by atoms with van der Waals surface area (Å²) in [6.45, 7) is 8.89. The largest absolute Gasteiger partial charge is 0.462 e. The van der Waals surface area contributed by atoms with Crippen molar-refractivity contribution in [3.63, 3.8) is 0 Å². The molecule has 0 bridgehead atoms. The molecular formula is C42H80O6. The van der Waals surface area contributed by atoms with E-state index in [-0.39, 0.29) is 31.1 Å². The molecule has 0 heterocycles. The molecule has 0 radical (unpaired) electrons. The Kier molecular flexibility index (Phi) is 35.5. The third-order valence-corrected chi connectivity index (χ3v) is 9.29. The Bertz CT molecular complexity index is 721. The van der Waals surface area contributed by atoms with Crippen LogP contribution in [-0.4, -0.2) is 37.2 Å². The number of carbonyl (C=O) groups is 3. The Hall–Kier alpha value is -1.59. The van der Waals surface area contributed by atoms with E-state index in [0.717, 1.165) is 70.1 Å². The average molecular weight is 681 g/mol. The van der Waals surface area contributed by atoms with Crippen LogP contribution < -0.4 is 0 Å². The third kappa shape index (κ3) is 35.7. The molecule has 0 aromatic carbocycles. The lowest BCUT2D eigenvalue weighted by molar-refractivity contribution is -0.167. The molecule has 0 amide bonds. The molecule has 284 valence electrons. The summed E-state index contributed by atoms with van der Waals surface area (Å²) in [5.41, 5.74) is 0. The molecule has 0 aliphatic heterocycles. The number of ether oxygens (including phenoxy) is 3. The van der Waals surface area contributed by atoms with Crippen LogP contribution in [0.2, 0.25) is 0 Å². The zero-order valence-electron chi connectivity index (χ0n) is 32.4. The number of rotatable bonds is 37. The van der Waals surface area contributed by atoms with Crippen molar-refractivity contribution in [1.82, 2.24) is 0 Å². The fourth-order valence-electron chi connectivity index (χ4n) is 6.10. The summed E-state index contributed by atoms with van der Waals surface area (Å²) in [4.78, 5) is 37.2. The van der Waals surface area contributed by atoms with Gasteiger partial charge >= 0.3 is 17.9 Å². The topological polar surface area (TPSA) is 78.9 Å². The maximum absolute atomic E-state index is 12.5. The maximum atomic E-state index is 12.5. The van der Waals surface area contributed by atoms with Crippen LogP contribution in [0.4, 0.5) is 0 Å². The molecule has 0 spiro atoms. The van der Waals surface area contributed by atoms with E-state index >= 15 is 0 Å². The van der Waals surface area contributed by atoms with Gasteiger partial charge in [0.2, 0.25) is 0 Å². The van der Waals surface area contributed by atoms with Crippen molar-refractivity contribution in [2.24, 2.45) is 5.92 Å². The van der Waals surface area contributed by atoms with Gasteiger partial charge in [0, 0.05) is 19.3 Å². The van der Waals surface area contributed by atoms with Crippen LogP contribution in [-0.2, 0) is 28.6 Å². The lowest BCUT2D eigenvalue weighted by Gasteiger charge is -2.18. The highest BCUT2D eigenvalue weighted by atomic mass is 16.6. The number of unbranched alkanes of at least 4 members (excludes halogenated alkanes) is 24. The maximum Gasteiger partial charge on any atom is 0.306 e. The Labute approximate surface area is 298 Å². The Morgan fingerprint density at radius 2 is 0.688 bits per heavy atom. The fourth-order valence-corrected chi connectivity index (χ4v) is 6.10. The second-order valence-electron chi connectivity index (χ2n) is 14.7. The second-order valence-corrected chi connectivity index (χ2v) is 14.7. The van der Waals surface area contributed by atoms with Crippen LogP contribution in [0, 0.1) is 5.92 Å². The third-order valence-electron chi connectivity index (χ3n) is 9.29. The predicted molar refractivity (Wildman–Crippen MR) is 201 cm³/mol. The van der Waals surface area contributed by atoms with Crippen LogP contribution in [0.3, 0.4) is 0 Å². The quantitative estimate of drug-likeness (QED) is 0.0369. The number of carbonyl (C=O) groups excluding carboxylic acids is 3. The van der Waals surface area contributed by atoms with Crippen molar-refractivity contribution in [3.8, 4) is 0 Å². The summed E-state index contributed by atoms with van der Waals surface area (Å²) in [5, 5.41) is 0. The Morgan fingerprint density at radius 1 is 0.396 bits per heavy atom. The smallest absolute Gasteiger partial charge is 0.306 e. The van der Waals surface area contributed by atoms with Crippen LogP contribution in [0.5, 0.6) is 0 Å². The van der Waals surface area contributed by atoms with Crippen molar-refractivity contribution in [1.29, 1.82) is 0 Å². The van der Waals surface area contributed by atoms with E-state index in [1.807, 2.05) is 0 Å². The minimum Gasteiger partial charge on any atom is -0.462 e. The highest BCUT2D eigenvalue weighted by Gasteiger charge is 2.19. The number of hydrogen-bond donors (Lipinski definition) is 0. The van der Waals surface area contributed by atoms with E-state index in [9.17, 15) is 14.4 Å². The first-order valence-electron chi connectivity index (χ1n) is 20.9. The Balaban J connectivity index is 4.13. The monoisotopic (exact) mass is 681 g/mol. The molecule has 0 saturated heterocycles. The first-order valence-corrected chi connectivity index (χ1v) is 20.9. The molecule has 0 aliphatic rings. The first kappa shape index (κ1) is 46.4. The van der Waals surface area contributed by atoms with Crippen LogP contribution in [0.1, 0.15) is 227 Å². The minimum absolute atomic E-state index is 0.0658. The molecule has 0 saturated carbocycles.